The number of benzene rings is 1. The van der Waals surface area contributed by atoms with Crippen LogP contribution in [0, 0.1) is 0 Å². The van der Waals surface area contributed by atoms with Crippen LogP contribution < -0.4 is 5.32 Å². The first kappa shape index (κ1) is 11.1. The zero-order valence-electron chi connectivity index (χ0n) is 7.08. The molecule has 0 amide bonds. The van der Waals surface area contributed by atoms with E-state index in [2.05, 4.69) is 12.2 Å². The van der Waals surface area contributed by atoms with Gasteiger partial charge in [0.1, 0.15) is 5.75 Å². The van der Waals surface area contributed by atoms with E-state index >= 15 is 0 Å². The summed E-state index contributed by atoms with van der Waals surface area (Å²) in [6, 6.07) is 7.15. The summed E-state index contributed by atoms with van der Waals surface area (Å²) >= 11 is 0. The molecule has 0 saturated carbocycles. The van der Waals surface area contributed by atoms with Gasteiger partial charge in [0.2, 0.25) is 0 Å². The van der Waals surface area contributed by atoms with Crippen LogP contribution in [0.25, 0.3) is 0 Å². The van der Waals surface area contributed by atoms with Crippen LogP contribution in [0.3, 0.4) is 0 Å². The van der Waals surface area contributed by atoms with E-state index in [-0.39, 0.29) is 12.4 Å². The number of halogens is 1. The molecule has 0 bridgehead atoms. The first-order chi connectivity index (χ1) is 5.33. The Hall–Kier alpha value is -0.890. The molecule has 0 unspecified atom stereocenters. The summed E-state index contributed by atoms with van der Waals surface area (Å²) in [6.07, 6.45) is 1.09. The molecule has 0 heterocycles. The minimum atomic E-state index is 0. The molecule has 3 heteroatoms. The van der Waals surface area contributed by atoms with Crippen LogP contribution in [0.1, 0.15) is 13.3 Å². The third-order valence-electron chi connectivity index (χ3n) is 1.43. The van der Waals surface area contributed by atoms with Gasteiger partial charge in [0, 0.05) is 18.3 Å². The molecular formula is C9H14ClNO. The van der Waals surface area contributed by atoms with Crippen molar-refractivity contribution in [2.24, 2.45) is 0 Å². The Labute approximate surface area is 79.0 Å². The van der Waals surface area contributed by atoms with Crippen molar-refractivity contribution in [3.63, 3.8) is 0 Å². The molecule has 0 aromatic heterocycles. The van der Waals surface area contributed by atoms with Gasteiger partial charge in [-0.3, -0.25) is 0 Å². The molecule has 12 heavy (non-hydrogen) atoms. The van der Waals surface area contributed by atoms with Gasteiger partial charge in [-0.05, 0) is 18.6 Å². The summed E-state index contributed by atoms with van der Waals surface area (Å²) in [7, 11) is 0. The quantitative estimate of drug-likeness (QED) is 0.763. The lowest BCUT2D eigenvalue weighted by atomic mass is 10.3. The van der Waals surface area contributed by atoms with Gasteiger partial charge in [0.25, 0.3) is 0 Å². The van der Waals surface area contributed by atoms with E-state index in [1.54, 1.807) is 12.1 Å². The average molecular weight is 188 g/mol. The Morgan fingerprint density at radius 2 is 2.17 bits per heavy atom. The highest BCUT2D eigenvalue weighted by Crippen LogP contribution is 2.14. The molecule has 1 aromatic carbocycles. The lowest BCUT2D eigenvalue weighted by Gasteiger charge is -2.03. The molecule has 0 atom stereocenters. The van der Waals surface area contributed by atoms with E-state index in [9.17, 15) is 0 Å². The van der Waals surface area contributed by atoms with E-state index in [1.807, 2.05) is 12.1 Å². The molecule has 0 aliphatic carbocycles. The van der Waals surface area contributed by atoms with Gasteiger partial charge in [-0.1, -0.05) is 13.0 Å². The second kappa shape index (κ2) is 5.72. The molecule has 2 N–H and O–H groups in total. The number of nitrogens with one attached hydrogen (secondary N) is 1. The van der Waals surface area contributed by atoms with Gasteiger partial charge in [0.15, 0.2) is 0 Å². The van der Waals surface area contributed by atoms with Crippen molar-refractivity contribution < 1.29 is 5.11 Å². The molecule has 2 nitrogen and oxygen atoms in total. The van der Waals surface area contributed by atoms with Crippen molar-refractivity contribution in [3.05, 3.63) is 24.3 Å². The first-order valence-electron chi connectivity index (χ1n) is 3.86. The predicted octanol–water partition coefficient (Wildman–Crippen LogP) is 2.64. The van der Waals surface area contributed by atoms with Crippen molar-refractivity contribution in [2.75, 3.05) is 11.9 Å². The Balaban J connectivity index is 0.00000121. The minimum Gasteiger partial charge on any atom is -0.508 e. The zero-order chi connectivity index (χ0) is 8.10. The fraction of sp³-hybridized carbons (Fsp3) is 0.333. The standard InChI is InChI=1S/C9H13NO.ClH/c1-2-6-10-8-4-3-5-9(11)7-8;/h3-5,7,10-11H,2,6H2,1H3;1H. The highest BCUT2D eigenvalue weighted by Gasteiger charge is 1.90. The fourth-order valence-corrected chi connectivity index (χ4v) is 0.885. The van der Waals surface area contributed by atoms with E-state index < -0.39 is 0 Å². The van der Waals surface area contributed by atoms with Crippen LogP contribution in [-0.2, 0) is 0 Å². The maximum Gasteiger partial charge on any atom is 0.117 e. The molecule has 0 aliphatic heterocycles. The van der Waals surface area contributed by atoms with Crippen LogP contribution >= 0.6 is 12.4 Å². The van der Waals surface area contributed by atoms with Crippen LogP contribution in [0.4, 0.5) is 5.69 Å². The molecule has 0 aliphatic rings. The summed E-state index contributed by atoms with van der Waals surface area (Å²) in [5, 5.41) is 12.2. The van der Waals surface area contributed by atoms with E-state index in [0.29, 0.717) is 5.75 Å². The van der Waals surface area contributed by atoms with Gasteiger partial charge in [-0.25, -0.2) is 0 Å². The minimum absolute atomic E-state index is 0. The molecular weight excluding hydrogens is 174 g/mol. The second-order valence-electron chi connectivity index (χ2n) is 2.48. The third kappa shape index (κ3) is 3.49. The first-order valence-corrected chi connectivity index (χ1v) is 3.86. The zero-order valence-corrected chi connectivity index (χ0v) is 7.90. The summed E-state index contributed by atoms with van der Waals surface area (Å²) < 4.78 is 0. The summed E-state index contributed by atoms with van der Waals surface area (Å²) in [4.78, 5) is 0. The SMILES string of the molecule is CCCNc1cccc(O)c1.Cl. The van der Waals surface area contributed by atoms with E-state index in [1.165, 1.54) is 0 Å². The fourth-order valence-electron chi connectivity index (χ4n) is 0.885. The third-order valence-corrected chi connectivity index (χ3v) is 1.43. The Bertz CT molecular complexity index is 228. The maximum atomic E-state index is 9.07. The second-order valence-corrected chi connectivity index (χ2v) is 2.48. The number of hydrogen-bond acceptors (Lipinski definition) is 2. The summed E-state index contributed by atoms with van der Waals surface area (Å²) in [6.45, 7) is 3.05. The smallest absolute Gasteiger partial charge is 0.117 e. The van der Waals surface area contributed by atoms with Crippen molar-refractivity contribution >= 4 is 18.1 Å². The number of hydrogen-bond donors (Lipinski definition) is 2. The maximum absolute atomic E-state index is 9.07. The molecule has 68 valence electrons. The highest BCUT2D eigenvalue weighted by molar-refractivity contribution is 5.85. The van der Waals surface area contributed by atoms with E-state index in [0.717, 1.165) is 18.7 Å². The molecule has 1 aromatic rings. The Morgan fingerprint density at radius 1 is 1.42 bits per heavy atom. The Morgan fingerprint density at radius 3 is 2.75 bits per heavy atom. The molecule has 0 radical (unpaired) electrons. The van der Waals surface area contributed by atoms with Crippen LogP contribution in [-0.4, -0.2) is 11.7 Å². The van der Waals surface area contributed by atoms with Gasteiger partial charge in [-0.15, -0.1) is 12.4 Å². The van der Waals surface area contributed by atoms with Crippen LogP contribution in [0.5, 0.6) is 5.75 Å². The number of phenolic OH excluding ortho intramolecular Hbond substituents is 1. The highest BCUT2D eigenvalue weighted by atomic mass is 35.5. The summed E-state index contributed by atoms with van der Waals surface area (Å²) in [5.41, 5.74) is 0.979. The summed E-state index contributed by atoms with van der Waals surface area (Å²) in [5.74, 6) is 0.311. The topological polar surface area (TPSA) is 32.3 Å². The van der Waals surface area contributed by atoms with Crippen molar-refractivity contribution in [1.29, 1.82) is 0 Å². The average Bonchev–Trinajstić information content (AvgIpc) is 2.01. The number of anilines is 1. The molecule has 0 fully saturated rings. The van der Waals surface area contributed by atoms with Crippen LogP contribution in [0.2, 0.25) is 0 Å². The lowest BCUT2D eigenvalue weighted by molar-refractivity contribution is 0.475. The van der Waals surface area contributed by atoms with Crippen LogP contribution in [0.15, 0.2) is 24.3 Å². The number of phenols is 1. The largest absolute Gasteiger partial charge is 0.508 e. The molecule has 1 rings (SSSR count). The van der Waals surface area contributed by atoms with Gasteiger partial charge < -0.3 is 10.4 Å². The normalized spacial score (nSPS) is 8.75. The molecule has 0 saturated heterocycles. The molecule has 0 spiro atoms. The van der Waals surface area contributed by atoms with E-state index in [4.69, 9.17) is 5.11 Å². The number of rotatable bonds is 3. The van der Waals surface area contributed by atoms with Gasteiger partial charge >= 0.3 is 0 Å². The van der Waals surface area contributed by atoms with Crippen molar-refractivity contribution in [2.45, 2.75) is 13.3 Å². The van der Waals surface area contributed by atoms with Crippen molar-refractivity contribution in [3.8, 4) is 5.75 Å². The number of aromatic hydroxyl groups is 1. The lowest BCUT2D eigenvalue weighted by Crippen LogP contribution is -1.98. The predicted molar refractivity (Wildman–Crippen MR) is 54.1 cm³/mol. The van der Waals surface area contributed by atoms with Crippen molar-refractivity contribution in [1.82, 2.24) is 0 Å². The monoisotopic (exact) mass is 187 g/mol. The van der Waals surface area contributed by atoms with Gasteiger partial charge in [0.05, 0.1) is 0 Å². The Kier molecular flexibility index (Phi) is 5.30. The van der Waals surface area contributed by atoms with Gasteiger partial charge in [-0.2, -0.15) is 0 Å².